The molecule has 0 unspecified atom stereocenters. The highest BCUT2D eigenvalue weighted by molar-refractivity contribution is 5.97. The molecule has 2 N–H and O–H groups in total. The van der Waals surface area contributed by atoms with Crippen molar-refractivity contribution in [1.82, 2.24) is 15.4 Å². The minimum Gasteiger partial charge on any atom is -0.497 e. The van der Waals surface area contributed by atoms with Gasteiger partial charge in [0.15, 0.2) is 11.5 Å². The Morgan fingerprint density at radius 3 is 2.48 bits per heavy atom. The number of methoxy groups -OCH3 is 3. The van der Waals surface area contributed by atoms with Gasteiger partial charge in [0.2, 0.25) is 0 Å². The van der Waals surface area contributed by atoms with Crippen molar-refractivity contribution >= 4 is 23.2 Å². The molecule has 4 rings (SSSR count). The summed E-state index contributed by atoms with van der Waals surface area (Å²) in [5.41, 5.74) is 6.46. The van der Waals surface area contributed by atoms with Crippen molar-refractivity contribution in [1.29, 1.82) is 0 Å². The first-order chi connectivity index (χ1) is 16.1. The molecule has 0 aliphatic carbocycles. The van der Waals surface area contributed by atoms with Crippen LogP contribution in [0.25, 0.3) is 11.0 Å². The van der Waals surface area contributed by atoms with E-state index in [0.29, 0.717) is 23.5 Å². The number of rotatable bonds is 8. The van der Waals surface area contributed by atoms with Gasteiger partial charge in [0.1, 0.15) is 11.6 Å². The van der Waals surface area contributed by atoms with Crippen LogP contribution in [0.4, 0.5) is 0 Å². The Hall–Kier alpha value is -4.33. The lowest BCUT2D eigenvalue weighted by Crippen LogP contribution is -2.17. The van der Waals surface area contributed by atoms with Gasteiger partial charge in [0.25, 0.3) is 5.91 Å². The number of amides is 1. The SMILES string of the molecule is COc1ccc(/C=N\NC(=O)c2ccc3nc(Cc4ccc(OC)c(OC)c4)[nH]c3c2)cc1. The Labute approximate surface area is 191 Å². The molecule has 1 aromatic heterocycles. The summed E-state index contributed by atoms with van der Waals surface area (Å²) in [6.07, 6.45) is 2.16. The number of benzene rings is 3. The first-order valence-corrected chi connectivity index (χ1v) is 10.3. The van der Waals surface area contributed by atoms with Gasteiger partial charge in [-0.05, 0) is 65.7 Å². The minimum atomic E-state index is -0.308. The molecule has 8 heteroatoms. The predicted octanol–water partition coefficient (Wildman–Crippen LogP) is 3.94. The molecule has 4 aromatic rings. The quantitative estimate of drug-likeness (QED) is 0.317. The topological polar surface area (TPSA) is 97.8 Å². The average molecular weight is 444 g/mol. The maximum atomic E-state index is 12.5. The van der Waals surface area contributed by atoms with E-state index >= 15 is 0 Å². The third kappa shape index (κ3) is 5.12. The number of hydrogen-bond acceptors (Lipinski definition) is 6. The zero-order valence-electron chi connectivity index (χ0n) is 18.6. The summed E-state index contributed by atoms with van der Waals surface area (Å²) in [5, 5.41) is 4.03. The summed E-state index contributed by atoms with van der Waals surface area (Å²) in [6.45, 7) is 0. The van der Waals surface area contributed by atoms with Crippen LogP contribution in [0.1, 0.15) is 27.3 Å². The zero-order valence-corrected chi connectivity index (χ0v) is 18.6. The smallest absolute Gasteiger partial charge is 0.271 e. The minimum absolute atomic E-state index is 0.308. The molecule has 1 amide bonds. The molecule has 0 atom stereocenters. The average Bonchev–Trinajstić information content (AvgIpc) is 3.25. The van der Waals surface area contributed by atoms with Crippen LogP contribution in [0.15, 0.2) is 65.8 Å². The van der Waals surface area contributed by atoms with Crippen LogP contribution < -0.4 is 19.6 Å². The summed E-state index contributed by atoms with van der Waals surface area (Å²) < 4.78 is 15.8. The Balaban J connectivity index is 1.44. The van der Waals surface area contributed by atoms with Crippen molar-refractivity contribution in [2.75, 3.05) is 21.3 Å². The molecule has 0 fully saturated rings. The lowest BCUT2D eigenvalue weighted by Gasteiger charge is -2.08. The molecule has 0 spiro atoms. The number of aromatic nitrogens is 2. The molecule has 33 heavy (non-hydrogen) atoms. The highest BCUT2D eigenvalue weighted by Gasteiger charge is 2.11. The first-order valence-electron chi connectivity index (χ1n) is 10.3. The molecule has 0 bridgehead atoms. The summed E-state index contributed by atoms with van der Waals surface area (Å²) in [5.74, 6) is 2.58. The molecule has 1 heterocycles. The van der Waals surface area contributed by atoms with Crippen LogP contribution >= 0.6 is 0 Å². The van der Waals surface area contributed by atoms with Gasteiger partial charge in [0, 0.05) is 12.0 Å². The van der Waals surface area contributed by atoms with Crippen molar-refractivity contribution in [3.63, 3.8) is 0 Å². The third-order valence-corrected chi connectivity index (χ3v) is 5.11. The molecular weight excluding hydrogens is 420 g/mol. The lowest BCUT2D eigenvalue weighted by molar-refractivity contribution is 0.0955. The van der Waals surface area contributed by atoms with E-state index in [1.165, 1.54) is 0 Å². The number of H-pyrrole nitrogens is 1. The fourth-order valence-corrected chi connectivity index (χ4v) is 3.39. The van der Waals surface area contributed by atoms with E-state index in [1.807, 2.05) is 48.5 Å². The van der Waals surface area contributed by atoms with E-state index in [9.17, 15) is 4.79 Å². The Morgan fingerprint density at radius 1 is 0.970 bits per heavy atom. The van der Waals surface area contributed by atoms with Gasteiger partial charge < -0.3 is 19.2 Å². The lowest BCUT2D eigenvalue weighted by atomic mass is 10.1. The molecule has 168 valence electrons. The van der Waals surface area contributed by atoms with Gasteiger partial charge in [-0.1, -0.05) is 6.07 Å². The van der Waals surface area contributed by atoms with Crippen molar-refractivity contribution in [3.8, 4) is 17.2 Å². The fraction of sp³-hybridized carbons (Fsp3) is 0.160. The number of fused-ring (bicyclic) bond motifs is 1. The second-order valence-electron chi connectivity index (χ2n) is 7.25. The number of ether oxygens (including phenoxy) is 3. The molecule has 0 saturated carbocycles. The van der Waals surface area contributed by atoms with Gasteiger partial charge in [-0.3, -0.25) is 4.79 Å². The van der Waals surface area contributed by atoms with Crippen molar-refractivity contribution in [2.45, 2.75) is 6.42 Å². The van der Waals surface area contributed by atoms with Crippen LogP contribution in [0.2, 0.25) is 0 Å². The Bertz CT molecular complexity index is 1300. The molecule has 0 radical (unpaired) electrons. The van der Waals surface area contributed by atoms with Gasteiger partial charge >= 0.3 is 0 Å². The standard InChI is InChI=1S/C25H24N4O4/c1-31-19-8-4-16(5-9-19)15-26-29-25(30)18-7-10-20-21(14-18)28-24(27-20)13-17-6-11-22(32-2)23(12-17)33-3/h4-12,14-15H,13H2,1-3H3,(H,27,28)(H,29,30)/b26-15-. The van der Waals surface area contributed by atoms with Gasteiger partial charge in [-0.25, -0.2) is 10.4 Å². The third-order valence-electron chi connectivity index (χ3n) is 5.11. The van der Waals surface area contributed by atoms with Crippen molar-refractivity contribution in [3.05, 3.63) is 83.2 Å². The molecule has 0 aliphatic heterocycles. The molecule has 3 aromatic carbocycles. The molecule has 8 nitrogen and oxygen atoms in total. The second-order valence-corrected chi connectivity index (χ2v) is 7.25. The van der Waals surface area contributed by atoms with E-state index in [4.69, 9.17) is 14.2 Å². The maximum absolute atomic E-state index is 12.5. The highest BCUT2D eigenvalue weighted by Crippen LogP contribution is 2.28. The zero-order chi connectivity index (χ0) is 23.2. The van der Waals surface area contributed by atoms with Crippen LogP contribution in [-0.4, -0.2) is 43.4 Å². The van der Waals surface area contributed by atoms with E-state index in [2.05, 4.69) is 20.5 Å². The Kier molecular flexibility index (Phi) is 6.54. The summed E-state index contributed by atoms with van der Waals surface area (Å²) in [7, 11) is 4.82. The molecule has 0 aliphatic rings. The Morgan fingerprint density at radius 2 is 1.76 bits per heavy atom. The molecular formula is C25H24N4O4. The number of carbonyl (C=O) groups is 1. The predicted molar refractivity (Wildman–Crippen MR) is 126 cm³/mol. The summed E-state index contributed by atoms with van der Waals surface area (Å²) in [4.78, 5) is 20.4. The number of nitrogens with one attached hydrogen (secondary N) is 2. The number of hydrazone groups is 1. The second kappa shape index (κ2) is 9.86. The maximum Gasteiger partial charge on any atom is 0.271 e. The van der Waals surface area contributed by atoms with Gasteiger partial charge in [-0.2, -0.15) is 5.10 Å². The van der Waals surface area contributed by atoms with Crippen LogP contribution in [0.5, 0.6) is 17.2 Å². The molecule has 0 saturated heterocycles. The number of aromatic amines is 1. The highest BCUT2D eigenvalue weighted by atomic mass is 16.5. The van der Waals surface area contributed by atoms with Crippen LogP contribution in [-0.2, 0) is 6.42 Å². The summed E-state index contributed by atoms with van der Waals surface area (Å²) in [6, 6.07) is 18.4. The van der Waals surface area contributed by atoms with Crippen molar-refractivity contribution in [2.24, 2.45) is 5.10 Å². The normalized spacial score (nSPS) is 11.0. The first kappa shape index (κ1) is 21.9. The van der Waals surface area contributed by atoms with E-state index in [1.54, 1.807) is 39.7 Å². The van der Waals surface area contributed by atoms with Crippen LogP contribution in [0, 0.1) is 0 Å². The van der Waals surface area contributed by atoms with E-state index in [0.717, 1.165) is 33.7 Å². The number of imidazole rings is 1. The number of nitrogens with zero attached hydrogens (tertiary/aromatic N) is 2. The number of carbonyl (C=O) groups excluding carboxylic acids is 1. The number of hydrogen-bond donors (Lipinski definition) is 2. The largest absolute Gasteiger partial charge is 0.497 e. The fourth-order valence-electron chi connectivity index (χ4n) is 3.39. The van der Waals surface area contributed by atoms with Gasteiger partial charge in [-0.15, -0.1) is 0 Å². The van der Waals surface area contributed by atoms with Gasteiger partial charge in [0.05, 0.1) is 38.6 Å². The van der Waals surface area contributed by atoms with Crippen LogP contribution in [0.3, 0.4) is 0 Å². The van der Waals surface area contributed by atoms with Crippen molar-refractivity contribution < 1.29 is 19.0 Å². The monoisotopic (exact) mass is 444 g/mol. The van der Waals surface area contributed by atoms with E-state index in [-0.39, 0.29) is 5.91 Å². The summed E-state index contributed by atoms with van der Waals surface area (Å²) >= 11 is 0. The van der Waals surface area contributed by atoms with E-state index < -0.39 is 0 Å².